The van der Waals surface area contributed by atoms with Gasteiger partial charge in [-0.25, -0.2) is 0 Å². The van der Waals surface area contributed by atoms with Crippen LogP contribution >= 0.6 is 11.6 Å². The van der Waals surface area contributed by atoms with Crippen LogP contribution in [0.5, 0.6) is 5.75 Å². The molecular formula is C25H33ClN2O3. The third-order valence-corrected chi connectivity index (χ3v) is 5.66. The molecule has 5 nitrogen and oxygen atoms in total. The lowest BCUT2D eigenvalue weighted by Crippen LogP contribution is -2.49. The van der Waals surface area contributed by atoms with E-state index in [2.05, 4.69) is 12.2 Å². The van der Waals surface area contributed by atoms with E-state index in [1.54, 1.807) is 12.0 Å². The van der Waals surface area contributed by atoms with Crippen molar-refractivity contribution in [2.75, 3.05) is 13.7 Å². The number of rotatable bonds is 12. The highest BCUT2D eigenvalue weighted by atomic mass is 35.5. The minimum atomic E-state index is -0.516. The molecule has 2 rings (SSSR count). The maximum absolute atomic E-state index is 13.3. The van der Waals surface area contributed by atoms with Crippen LogP contribution in [0.3, 0.4) is 0 Å². The van der Waals surface area contributed by atoms with Gasteiger partial charge in [-0.3, -0.25) is 9.59 Å². The lowest BCUT2D eigenvalue weighted by Gasteiger charge is -2.31. The van der Waals surface area contributed by atoms with E-state index in [-0.39, 0.29) is 11.8 Å². The van der Waals surface area contributed by atoms with Gasteiger partial charge in [0.05, 0.1) is 7.11 Å². The number of benzene rings is 2. The van der Waals surface area contributed by atoms with E-state index >= 15 is 0 Å². The van der Waals surface area contributed by atoms with Crippen LogP contribution < -0.4 is 10.1 Å². The number of ether oxygens (including phenoxy) is 1. The van der Waals surface area contributed by atoms with Crippen molar-refractivity contribution in [1.29, 1.82) is 0 Å². The second kappa shape index (κ2) is 13.0. The number of halogens is 1. The summed E-state index contributed by atoms with van der Waals surface area (Å²) in [4.78, 5) is 27.8. The smallest absolute Gasteiger partial charge is 0.242 e. The van der Waals surface area contributed by atoms with E-state index in [4.69, 9.17) is 16.3 Å². The summed E-state index contributed by atoms with van der Waals surface area (Å²) in [7, 11) is 1.62. The molecule has 0 unspecified atom stereocenters. The fourth-order valence-corrected chi connectivity index (χ4v) is 3.67. The molecule has 0 heterocycles. The van der Waals surface area contributed by atoms with Gasteiger partial charge in [0, 0.05) is 24.5 Å². The molecule has 2 aromatic carbocycles. The van der Waals surface area contributed by atoms with Gasteiger partial charge in [0.2, 0.25) is 11.8 Å². The molecule has 0 fully saturated rings. The summed E-state index contributed by atoms with van der Waals surface area (Å²) in [5.74, 6) is 0.591. The van der Waals surface area contributed by atoms with Gasteiger partial charge in [0.1, 0.15) is 11.8 Å². The minimum absolute atomic E-state index is 0.0618. The number of nitrogens with zero attached hydrogens (tertiary/aromatic N) is 1. The fourth-order valence-electron chi connectivity index (χ4n) is 3.44. The highest BCUT2D eigenvalue weighted by molar-refractivity contribution is 6.31. The summed E-state index contributed by atoms with van der Waals surface area (Å²) >= 11 is 6.26. The van der Waals surface area contributed by atoms with Gasteiger partial charge < -0.3 is 15.0 Å². The molecular weight excluding hydrogens is 412 g/mol. The summed E-state index contributed by atoms with van der Waals surface area (Å²) < 4.78 is 5.22. The van der Waals surface area contributed by atoms with E-state index in [9.17, 15) is 9.59 Å². The zero-order valence-corrected chi connectivity index (χ0v) is 19.5. The lowest BCUT2D eigenvalue weighted by atomic mass is 10.1. The van der Waals surface area contributed by atoms with E-state index < -0.39 is 6.04 Å². The summed E-state index contributed by atoms with van der Waals surface area (Å²) in [6.45, 7) is 5.01. The highest BCUT2D eigenvalue weighted by Gasteiger charge is 2.28. The maximum atomic E-state index is 13.3. The van der Waals surface area contributed by atoms with Gasteiger partial charge in [0.25, 0.3) is 0 Å². The molecule has 0 aliphatic carbocycles. The fraction of sp³-hybridized carbons (Fsp3) is 0.440. The molecule has 0 bridgehead atoms. The second-order valence-corrected chi connectivity index (χ2v) is 7.94. The van der Waals surface area contributed by atoms with Crippen LogP contribution in [-0.2, 0) is 22.6 Å². The SMILES string of the molecule is CCCCNC(=O)[C@@H](CC)N(Cc1ccc(OC)cc1)C(=O)CCc1ccccc1Cl. The number of hydrogen-bond acceptors (Lipinski definition) is 3. The van der Waals surface area contributed by atoms with Crippen LogP contribution in [0.25, 0.3) is 0 Å². The number of carbonyl (C=O) groups is 2. The summed E-state index contributed by atoms with van der Waals surface area (Å²) in [6.07, 6.45) is 3.29. The van der Waals surface area contributed by atoms with Crippen LogP contribution in [0.2, 0.25) is 5.02 Å². The Morgan fingerprint density at radius 1 is 1.10 bits per heavy atom. The quantitative estimate of drug-likeness (QED) is 0.468. The van der Waals surface area contributed by atoms with Gasteiger partial charge in [-0.05, 0) is 48.6 Å². The van der Waals surface area contributed by atoms with E-state index in [1.807, 2.05) is 55.5 Å². The van der Waals surface area contributed by atoms with Gasteiger partial charge >= 0.3 is 0 Å². The summed E-state index contributed by atoms with van der Waals surface area (Å²) in [5.41, 5.74) is 1.88. The number of methoxy groups -OCH3 is 1. The predicted octanol–water partition coefficient (Wildman–Crippen LogP) is 5.00. The Labute approximate surface area is 190 Å². The number of hydrogen-bond donors (Lipinski definition) is 1. The first-order valence-electron chi connectivity index (χ1n) is 10.9. The predicted molar refractivity (Wildman–Crippen MR) is 125 cm³/mol. The second-order valence-electron chi connectivity index (χ2n) is 7.53. The molecule has 0 aliphatic heterocycles. The number of unbranched alkanes of at least 4 members (excludes halogenated alkanes) is 1. The van der Waals surface area contributed by atoms with Gasteiger partial charge in [0.15, 0.2) is 0 Å². The molecule has 2 amide bonds. The first kappa shape index (κ1) is 24.7. The van der Waals surface area contributed by atoms with Gasteiger partial charge in [-0.1, -0.05) is 62.2 Å². The van der Waals surface area contributed by atoms with Crippen molar-refractivity contribution in [2.45, 2.75) is 58.5 Å². The molecule has 31 heavy (non-hydrogen) atoms. The van der Waals surface area contributed by atoms with E-state index in [1.165, 1.54) is 0 Å². The number of nitrogens with one attached hydrogen (secondary N) is 1. The molecule has 0 saturated carbocycles. The van der Waals surface area contributed by atoms with E-state index in [0.29, 0.717) is 37.4 Å². The Morgan fingerprint density at radius 2 is 1.81 bits per heavy atom. The number of aryl methyl sites for hydroxylation is 1. The van der Waals surface area contributed by atoms with Crippen molar-refractivity contribution >= 4 is 23.4 Å². The Morgan fingerprint density at radius 3 is 2.42 bits per heavy atom. The van der Waals surface area contributed by atoms with Crippen molar-refractivity contribution in [3.8, 4) is 5.75 Å². The average molecular weight is 445 g/mol. The Kier molecular flexibility index (Phi) is 10.4. The molecule has 1 N–H and O–H groups in total. The molecule has 2 aromatic rings. The topological polar surface area (TPSA) is 58.6 Å². The lowest BCUT2D eigenvalue weighted by molar-refractivity contribution is -0.141. The van der Waals surface area contributed by atoms with Crippen molar-refractivity contribution < 1.29 is 14.3 Å². The van der Waals surface area contributed by atoms with Crippen LogP contribution in [0.15, 0.2) is 48.5 Å². The van der Waals surface area contributed by atoms with Crippen molar-refractivity contribution in [3.63, 3.8) is 0 Å². The average Bonchev–Trinajstić information content (AvgIpc) is 2.78. The van der Waals surface area contributed by atoms with Gasteiger partial charge in [-0.15, -0.1) is 0 Å². The number of amides is 2. The minimum Gasteiger partial charge on any atom is -0.497 e. The first-order valence-corrected chi connectivity index (χ1v) is 11.3. The third kappa shape index (κ3) is 7.59. The standard InChI is InChI=1S/C25H33ClN2O3/c1-4-6-17-27-25(30)23(5-2)28(18-19-11-14-21(31-3)15-12-19)24(29)16-13-20-9-7-8-10-22(20)26/h7-12,14-15,23H,4-6,13,16-18H2,1-3H3,(H,27,30)/t23-/m1/s1. The van der Waals surface area contributed by atoms with Crippen LogP contribution in [0.1, 0.15) is 50.7 Å². The monoisotopic (exact) mass is 444 g/mol. The third-order valence-electron chi connectivity index (χ3n) is 5.29. The molecule has 168 valence electrons. The Bertz CT molecular complexity index is 839. The zero-order chi connectivity index (χ0) is 22.6. The highest BCUT2D eigenvalue weighted by Crippen LogP contribution is 2.20. The van der Waals surface area contributed by atoms with E-state index in [0.717, 1.165) is 29.7 Å². The molecule has 0 aromatic heterocycles. The summed E-state index contributed by atoms with van der Waals surface area (Å²) in [6, 6.07) is 14.6. The van der Waals surface area contributed by atoms with Crippen molar-refractivity contribution in [3.05, 3.63) is 64.7 Å². The van der Waals surface area contributed by atoms with Crippen molar-refractivity contribution in [1.82, 2.24) is 10.2 Å². The molecule has 0 saturated heterocycles. The zero-order valence-electron chi connectivity index (χ0n) is 18.7. The summed E-state index contributed by atoms with van der Waals surface area (Å²) in [5, 5.41) is 3.64. The number of carbonyl (C=O) groups excluding carboxylic acids is 2. The molecule has 1 atom stereocenters. The molecule has 0 spiro atoms. The van der Waals surface area contributed by atoms with Crippen LogP contribution in [-0.4, -0.2) is 36.4 Å². The molecule has 0 radical (unpaired) electrons. The largest absolute Gasteiger partial charge is 0.497 e. The normalized spacial score (nSPS) is 11.6. The Hall–Kier alpha value is -2.53. The van der Waals surface area contributed by atoms with Gasteiger partial charge in [-0.2, -0.15) is 0 Å². The maximum Gasteiger partial charge on any atom is 0.242 e. The van der Waals surface area contributed by atoms with Crippen LogP contribution in [0, 0.1) is 0 Å². The first-order chi connectivity index (χ1) is 15.0. The Balaban J connectivity index is 2.18. The molecule has 6 heteroatoms. The van der Waals surface area contributed by atoms with Crippen molar-refractivity contribution in [2.24, 2.45) is 0 Å². The molecule has 0 aliphatic rings. The van der Waals surface area contributed by atoms with Crippen LogP contribution in [0.4, 0.5) is 0 Å².